The molecule has 2 heterocycles. The molecule has 9 heteroatoms. The zero-order chi connectivity index (χ0) is 21.4. The molecule has 0 spiro atoms. The average Bonchev–Trinajstić information content (AvgIpc) is 3.39. The van der Waals surface area contributed by atoms with Crippen LogP contribution < -0.4 is 5.32 Å². The summed E-state index contributed by atoms with van der Waals surface area (Å²) in [6, 6.07) is 12.8. The van der Waals surface area contributed by atoms with Gasteiger partial charge in [0, 0.05) is 17.3 Å². The second-order valence-corrected chi connectivity index (χ2v) is 7.31. The van der Waals surface area contributed by atoms with Gasteiger partial charge >= 0.3 is 0 Å². The first-order valence-electron chi connectivity index (χ1n) is 9.95. The van der Waals surface area contributed by atoms with Crippen LogP contribution in [0.1, 0.15) is 34.6 Å². The fourth-order valence-corrected chi connectivity index (χ4v) is 3.84. The van der Waals surface area contributed by atoms with E-state index in [4.69, 9.17) is 0 Å². The number of aromatic nitrogens is 5. The van der Waals surface area contributed by atoms with Crippen molar-refractivity contribution >= 4 is 11.9 Å². The van der Waals surface area contributed by atoms with Gasteiger partial charge in [-0.05, 0) is 49.9 Å². The Bertz CT molecular complexity index is 1260. The normalized spacial score (nSPS) is 13.1. The van der Waals surface area contributed by atoms with Gasteiger partial charge in [-0.1, -0.05) is 18.2 Å². The first kappa shape index (κ1) is 19.1. The fourth-order valence-electron chi connectivity index (χ4n) is 3.84. The molecule has 0 bridgehead atoms. The summed E-state index contributed by atoms with van der Waals surface area (Å²) < 4.78 is 29.0. The molecule has 0 atom stereocenters. The number of nitrogens with zero attached hydrogens (tertiary/aromatic N) is 4. The minimum absolute atomic E-state index is 0.0115. The number of rotatable bonds is 4. The number of benzene rings is 2. The third kappa shape index (κ3) is 3.58. The van der Waals surface area contributed by atoms with Gasteiger partial charge in [-0.3, -0.25) is 15.2 Å². The van der Waals surface area contributed by atoms with Crippen LogP contribution in [0.5, 0.6) is 0 Å². The van der Waals surface area contributed by atoms with Gasteiger partial charge in [-0.15, -0.1) is 5.10 Å². The summed E-state index contributed by atoms with van der Waals surface area (Å²) >= 11 is 0. The van der Waals surface area contributed by atoms with Gasteiger partial charge in [-0.25, -0.2) is 13.5 Å². The number of amides is 1. The predicted octanol–water partition coefficient (Wildman–Crippen LogP) is 4.07. The first-order valence-corrected chi connectivity index (χ1v) is 9.95. The van der Waals surface area contributed by atoms with Crippen molar-refractivity contribution < 1.29 is 13.6 Å². The van der Waals surface area contributed by atoms with Gasteiger partial charge in [0.15, 0.2) is 11.5 Å². The molecule has 1 amide bonds. The topological polar surface area (TPSA) is 88.5 Å². The highest BCUT2D eigenvalue weighted by atomic mass is 19.1. The van der Waals surface area contributed by atoms with Crippen molar-refractivity contribution in [3.63, 3.8) is 0 Å². The number of para-hydroxylation sites is 1. The van der Waals surface area contributed by atoms with Gasteiger partial charge in [0.25, 0.3) is 5.91 Å². The van der Waals surface area contributed by atoms with Crippen LogP contribution in [0.2, 0.25) is 0 Å². The van der Waals surface area contributed by atoms with Crippen LogP contribution in [0.4, 0.5) is 14.7 Å². The number of fused-ring (bicyclic) bond motifs is 1. The van der Waals surface area contributed by atoms with E-state index in [0.29, 0.717) is 5.69 Å². The summed E-state index contributed by atoms with van der Waals surface area (Å²) in [6.07, 6.45) is 3.65. The Morgan fingerprint density at radius 1 is 1.06 bits per heavy atom. The highest BCUT2D eigenvalue weighted by molar-refractivity contribution is 6.03. The molecule has 4 aromatic rings. The Morgan fingerprint density at radius 3 is 2.68 bits per heavy atom. The Kier molecular flexibility index (Phi) is 4.78. The van der Waals surface area contributed by atoms with Gasteiger partial charge in [-0.2, -0.15) is 10.1 Å². The van der Waals surface area contributed by atoms with Crippen molar-refractivity contribution in [2.45, 2.75) is 25.7 Å². The Morgan fingerprint density at radius 2 is 1.87 bits per heavy atom. The van der Waals surface area contributed by atoms with E-state index < -0.39 is 17.5 Å². The summed E-state index contributed by atoms with van der Waals surface area (Å²) in [4.78, 5) is 17.1. The van der Waals surface area contributed by atoms with Gasteiger partial charge in [0.1, 0.15) is 11.6 Å². The van der Waals surface area contributed by atoms with Gasteiger partial charge < -0.3 is 0 Å². The SMILES string of the molecule is O=C(Nc1n[nH]c(-c2ccc(F)cc2F)n1)c1nn(-c2ccccc2)c2c1CCCC2. The molecule has 2 N–H and O–H groups in total. The second-order valence-electron chi connectivity index (χ2n) is 7.31. The molecule has 7 nitrogen and oxygen atoms in total. The molecule has 1 aliphatic carbocycles. The minimum atomic E-state index is -0.773. The lowest BCUT2D eigenvalue weighted by Gasteiger charge is -2.14. The maximum absolute atomic E-state index is 14.0. The number of aromatic amines is 1. The molecular formula is C22H18F2N6O. The lowest BCUT2D eigenvalue weighted by Crippen LogP contribution is -2.16. The van der Waals surface area contributed by atoms with Crippen LogP contribution in [-0.2, 0) is 12.8 Å². The zero-order valence-corrected chi connectivity index (χ0v) is 16.4. The number of carbonyl (C=O) groups is 1. The number of halogens is 2. The molecule has 0 radical (unpaired) electrons. The highest BCUT2D eigenvalue weighted by Crippen LogP contribution is 2.27. The number of hydrogen-bond acceptors (Lipinski definition) is 4. The summed E-state index contributed by atoms with van der Waals surface area (Å²) in [5, 5.41) is 13.7. The minimum Gasteiger partial charge on any atom is -0.288 e. The number of H-pyrrole nitrogens is 1. The van der Waals surface area contributed by atoms with E-state index in [9.17, 15) is 13.6 Å². The van der Waals surface area contributed by atoms with E-state index in [0.717, 1.165) is 54.8 Å². The molecule has 31 heavy (non-hydrogen) atoms. The van der Waals surface area contributed by atoms with Crippen LogP contribution in [0.3, 0.4) is 0 Å². The van der Waals surface area contributed by atoms with Crippen molar-refractivity contribution in [2.24, 2.45) is 0 Å². The first-order chi connectivity index (χ1) is 15.1. The molecule has 0 aliphatic heterocycles. The maximum Gasteiger partial charge on any atom is 0.278 e. The summed E-state index contributed by atoms with van der Waals surface area (Å²) in [7, 11) is 0. The van der Waals surface area contributed by atoms with Crippen molar-refractivity contribution in [3.05, 3.63) is 77.1 Å². The van der Waals surface area contributed by atoms with Crippen LogP contribution in [0, 0.1) is 11.6 Å². The third-order valence-electron chi connectivity index (χ3n) is 5.29. The molecule has 2 aromatic heterocycles. The average molecular weight is 420 g/mol. The lowest BCUT2D eigenvalue weighted by molar-refractivity contribution is 0.102. The Balaban J connectivity index is 1.44. The van der Waals surface area contributed by atoms with E-state index >= 15 is 0 Å². The van der Waals surface area contributed by atoms with E-state index in [1.165, 1.54) is 6.07 Å². The molecular weight excluding hydrogens is 402 g/mol. The van der Waals surface area contributed by atoms with Crippen molar-refractivity contribution in [1.82, 2.24) is 25.0 Å². The Labute approximate surface area is 176 Å². The van der Waals surface area contributed by atoms with E-state index in [1.54, 1.807) is 0 Å². The van der Waals surface area contributed by atoms with E-state index in [1.807, 2.05) is 35.0 Å². The predicted molar refractivity (Wildman–Crippen MR) is 110 cm³/mol. The van der Waals surface area contributed by atoms with Crippen LogP contribution in [-0.4, -0.2) is 30.9 Å². The molecule has 2 aromatic carbocycles. The maximum atomic E-state index is 14.0. The van der Waals surface area contributed by atoms with Crippen molar-refractivity contribution in [1.29, 1.82) is 0 Å². The van der Waals surface area contributed by atoms with Crippen molar-refractivity contribution in [3.8, 4) is 17.1 Å². The Hall–Kier alpha value is -3.88. The molecule has 156 valence electrons. The van der Waals surface area contributed by atoms with E-state index in [-0.39, 0.29) is 17.3 Å². The van der Waals surface area contributed by atoms with Crippen LogP contribution in [0.15, 0.2) is 48.5 Å². The molecule has 0 unspecified atom stereocenters. The van der Waals surface area contributed by atoms with Crippen LogP contribution in [0.25, 0.3) is 17.1 Å². The quantitative estimate of drug-likeness (QED) is 0.521. The standard InChI is InChI=1S/C22H18F2N6O/c23-13-10-11-15(17(24)12-13)20-25-22(28-27-20)26-21(31)19-16-8-4-5-9-18(16)30(29-19)14-6-2-1-3-7-14/h1-3,6-7,10-12H,4-5,8-9H2,(H2,25,26,27,28,31). The zero-order valence-electron chi connectivity index (χ0n) is 16.4. The van der Waals surface area contributed by atoms with E-state index in [2.05, 4.69) is 25.6 Å². The summed E-state index contributed by atoms with van der Waals surface area (Å²) in [5.41, 5.74) is 3.24. The number of hydrogen-bond donors (Lipinski definition) is 2. The third-order valence-corrected chi connectivity index (χ3v) is 5.29. The number of nitrogens with one attached hydrogen (secondary N) is 2. The smallest absolute Gasteiger partial charge is 0.278 e. The molecule has 0 fully saturated rings. The number of carbonyl (C=O) groups excluding carboxylic acids is 1. The highest BCUT2D eigenvalue weighted by Gasteiger charge is 2.26. The molecule has 5 rings (SSSR count). The number of anilines is 1. The summed E-state index contributed by atoms with van der Waals surface area (Å²) in [5.74, 6) is -1.82. The summed E-state index contributed by atoms with van der Waals surface area (Å²) in [6.45, 7) is 0. The van der Waals surface area contributed by atoms with Gasteiger partial charge in [0.2, 0.25) is 5.95 Å². The fraction of sp³-hybridized carbons (Fsp3) is 0.182. The molecule has 0 saturated carbocycles. The van der Waals surface area contributed by atoms with Crippen molar-refractivity contribution in [2.75, 3.05) is 5.32 Å². The molecule has 0 saturated heterocycles. The van der Waals surface area contributed by atoms with Gasteiger partial charge in [0.05, 0.1) is 11.3 Å². The molecule has 1 aliphatic rings. The van der Waals surface area contributed by atoms with Crippen LogP contribution >= 0.6 is 0 Å². The second kappa shape index (κ2) is 7.75. The lowest BCUT2D eigenvalue weighted by atomic mass is 9.95. The largest absolute Gasteiger partial charge is 0.288 e. The monoisotopic (exact) mass is 420 g/mol.